The molecule has 0 atom stereocenters. The molecular weight excluding hydrogens is 307 g/mol. The Morgan fingerprint density at radius 3 is 2.60 bits per heavy atom. The first-order valence-corrected chi connectivity index (χ1v) is 5.80. The van der Waals surface area contributed by atoms with Crippen LogP contribution in [-0.2, 0) is 16.0 Å². The number of alkyl halides is 4. The van der Waals surface area contributed by atoms with Crippen molar-refractivity contribution in [1.82, 2.24) is 0 Å². The lowest BCUT2D eigenvalue weighted by Crippen LogP contribution is -2.33. The van der Waals surface area contributed by atoms with Gasteiger partial charge in [0.1, 0.15) is 19.0 Å². The molecule has 0 saturated carbocycles. The Labute approximate surface area is 116 Å². The average Bonchev–Trinajstić information content (AvgIpc) is 2.34. The van der Waals surface area contributed by atoms with Gasteiger partial charge in [0.25, 0.3) is 0 Å². The minimum Gasteiger partial charge on any atom is -0.367 e. The van der Waals surface area contributed by atoms with Crippen molar-refractivity contribution in [2.75, 3.05) is 13.2 Å². The first-order chi connectivity index (χ1) is 9.24. The van der Waals surface area contributed by atoms with Crippen LogP contribution in [-0.4, -0.2) is 31.3 Å². The van der Waals surface area contributed by atoms with Gasteiger partial charge in [0, 0.05) is 6.42 Å². The zero-order chi connectivity index (χ0) is 15.3. The van der Waals surface area contributed by atoms with Crippen LogP contribution in [0.2, 0.25) is 5.02 Å². The normalized spacial score (nSPS) is 11.9. The van der Waals surface area contributed by atoms with Gasteiger partial charge in [0.15, 0.2) is 5.78 Å². The van der Waals surface area contributed by atoms with Gasteiger partial charge >= 0.3 is 12.3 Å². The number of carbonyl (C=O) groups excluding carboxylic acids is 1. The first-order valence-electron chi connectivity index (χ1n) is 5.42. The van der Waals surface area contributed by atoms with Crippen LogP contribution in [0.3, 0.4) is 0 Å². The molecule has 0 heterocycles. The highest BCUT2D eigenvalue weighted by molar-refractivity contribution is 6.31. The highest BCUT2D eigenvalue weighted by Crippen LogP contribution is 2.23. The summed E-state index contributed by atoms with van der Waals surface area (Å²) < 4.78 is 65.9. The molecule has 20 heavy (non-hydrogen) atoms. The Morgan fingerprint density at radius 2 is 2.00 bits per heavy atom. The second kappa shape index (κ2) is 6.99. The Balaban J connectivity index is 2.47. The summed E-state index contributed by atoms with van der Waals surface area (Å²) in [7, 11) is 0. The fourth-order valence-corrected chi connectivity index (χ4v) is 1.51. The van der Waals surface area contributed by atoms with Crippen LogP contribution in [0.1, 0.15) is 5.56 Å². The third-order valence-electron chi connectivity index (χ3n) is 2.30. The number of benzene rings is 1. The summed E-state index contributed by atoms with van der Waals surface area (Å²) in [5.74, 6) is -5.71. The minimum atomic E-state index is -4.31. The van der Waals surface area contributed by atoms with Crippen LogP contribution in [0.4, 0.5) is 22.0 Å². The molecule has 0 aromatic heterocycles. The summed E-state index contributed by atoms with van der Waals surface area (Å²) in [5, 5.41) is -0.251. The van der Waals surface area contributed by atoms with Gasteiger partial charge in [-0.3, -0.25) is 4.79 Å². The van der Waals surface area contributed by atoms with E-state index in [0.29, 0.717) is 0 Å². The molecule has 1 aromatic carbocycles. The summed E-state index contributed by atoms with van der Waals surface area (Å²) in [5.41, 5.74) is 0.167. The van der Waals surface area contributed by atoms with Crippen molar-refractivity contribution >= 4 is 17.4 Å². The number of hydrogen-bond donors (Lipinski definition) is 0. The maximum absolute atomic E-state index is 13.1. The van der Waals surface area contributed by atoms with Gasteiger partial charge in [0.2, 0.25) is 0 Å². The average molecular weight is 317 g/mol. The van der Waals surface area contributed by atoms with Crippen molar-refractivity contribution in [3.63, 3.8) is 0 Å². The summed E-state index contributed by atoms with van der Waals surface area (Å²) in [6.07, 6.45) is -4.20. The van der Waals surface area contributed by atoms with Gasteiger partial charge in [-0.25, -0.2) is 13.2 Å². The van der Waals surface area contributed by atoms with Crippen LogP contribution in [0.15, 0.2) is 18.2 Å². The lowest BCUT2D eigenvalue weighted by Gasteiger charge is -2.14. The molecule has 0 aliphatic heterocycles. The van der Waals surface area contributed by atoms with E-state index in [0.717, 1.165) is 6.07 Å². The van der Waals surface area contributed by atoms with Crippen LogP contribution < -0.4 is 0 Å². The van der Waals surface area contributed by atoms with Gasteiger partial charge < -0.3 is 4.74 Å². The second-order valence-corrected chi connectivity index (χ2v) is 4.36. The number of rotatable bonds is 7. The van der Waals surface area contributed by atoms with Gasteiger partial charge in [-0.2, -0.15) is 8.78 Å². The molecule has 0 saturated heterocycles. The molecule has 0 aliphatic carbocycles. The highest BCUT2D eigenvalue weighted by atomic mass is 35.5. The maximum Gasteiger partial charge on any atom is 0.330 e. The number of ketones is 1. The number of ether oxygens (including phenoxy) is 1. The summed E-state index contributed by atoms with van der Waals surface area (Å²) in [4.78, 5) is 11.4. The molecule has 0 amide bonds. The first kappa shape index (κ1) is 16.8. The van der Waals surface area contributed by atoms with Gasteiger partial charge in [-0.1, -0.05) is 23.7 Å². The van der Waals surface area contributed by atoms with Gasteiger partial charge in [0.05, 0.1) is 5.02 Å². The molecule has 8 heteroatoms. The van der Waals surface area contributed by atoms with E-state index in [1.54, 1.807) is 0 Å². The van der Waals surface area contributed by atoms with Crippen LogP contribution in [0.25, 0.3) is 0 Å². The van der Waals surface area contributed by atoms with Crippen LogP contribution in [0, 0.1) is 5.82 Å². The molecule has 112 valence electrons. The minimum absolute atomic E-state index is 0.167. The van der Waals surface area contributed by atoms with Crippen molar-refractivity contribution in [3.05, 3.63) is 34.6 Å². The third-order valence-corrected chi connectivity index (χ3v) is 2.72. The zero-order valence-corrected chi connectivity index (χ0v) is 10.8. The van der Waals surface area contributed by atoms with Crippen LogP contribution >= 0.6 is 11.6 Å². The SMILES string of the molecule is O=C(COCC(F)(F)C(F)F)Cc1cccc(F)c1Cl. The number of hydrogen-bond acceptors (Lipinski definition) is 2. The van der Waals surface area contributed by atoms with Crippen molar-refractivity contribution in [2.45, 2.75) is 18.8 Å². The summed E-state index contributed by atoms with van der Waals surface area (Å²) in [6.45, 7) is -2.34. The third kappa shape index (κ3) is 4.72. The topological polar surface area (TPSA) is 26.3 Å². The molecule has 1 rings (SSSR count). The number of Topliss-reactive ketones (excluding diaryl/α,β-unsaturated/α-hetero) is 1. The fourth-order valence-electron chi connectivity index (χ4n) is 1.31. The molecule has 1 aromatic rings. The van der Waals surface area contributed by atoms with E-state index in [1.165, 1.54) is 12.1 Å². The predicted molar refractivity (Wildman–Crippen MR) is 61.9 cm³/mol. The van der Waals surface area contributed by atoms with Crippen LogP contribution in [0.5, 0.6) is 0 Å². The van der Waals surface area contributed by atoms with Gasteiger partial charge in [-0.15, -0.1) is 0 Å². The summed E-state index contributed by atoms with van der Waals surface area (Å²) >= 11 is 5.60. The van der Waals surface area contributed by atoms with E-state index < -0.39 is 37.2 Å². The van der Waals surface area contributed by atoms with Crippen molar-refractivity contribution < 1.29 is 31.5 Å². The Kier molecular flexibility index (Phi) is 5.88. The Hall–Kier alpha value is -1.21. The molecule has 0 bridgehead atoms. The lowest BCUT2D eigenvalue weighted by molar-refractivity contribution is -0.168. The fraction of sp³-hybridized carbons (Fsp3) is 0.417. The Bertz CT molecular complexity index is 479. The molecule has 0 N–H and O–H groups in total. The van der Waals surface area contributed by atoms with E-state index in [4.69, 9.17) is 11.6 Å². The largest absolute Gasteiger partial charge is 0.367 e. The quantitative estimate of drug-likeness (QED) is 0.720. The molecule has 0 fully saturated rings. The van der Waals surface area contributed by atoms with E-state index in [9.17, 15) is 26.7 Å². The van der Waals surface area contributed by atoms with Crippen molar-refractivity contribution in [1.29, 1.82) is 0 Å². The van der Waals surface area contributed by atoms with E-state index >= 15 is 0 Å². The highest BCUT2D eigenvalue weighted by Gasteiger charge is 2.41. The predicted octanol–water partition coefficient (Wildman–Crippen LogP) is 3.51. The molecule has 0 aliphatic rings. The molecular formula is C12H10ClF5O2. The van der Waals surface area contributed by atoms with Crippen molar-refractivity contribution in [2.24, 2.45) is 0 Å². The standard InChI is InChI=1S/C12H10ClF5O2/c13-10-7(2-1-3-9(10)14)4-8(19)5-20-6-12(17,18)11(15)16/h1-3,11H,4-6H2. The number of halogens is 6. The monoisotopic (exact) mass is 316 g/mol. The van der Waals surface area contributed by atoms with E-state index in [2.05, 4.69) is 4.74 Å². The molecule has 0 unspecified atom stereocenters. The zero-order valence-electron chi connectivity index (χ0n) is 10.0. The Morgan fingerprint density at radius 1 is 1.35 bits per heavy atom. The van der Waals surface area contributed by atoms with E-state index in [1.807, 2.05) is 0 Å². The summed E-state index contributed by atoms with van der Waals surface area (Å²) in [6, 6.07) is 3.81. The van der Waals surface area contributed by atoms with Gasteiger partial charge in [-0.05, 0) is 11.6 Å². The molecule has 0 radical (unpaired) electrons. The molecule has 2 nitrogen and oxygen atoms in total. The maximum atomic E-state index is 13.1. The second-order valence-electron chi connectivity index (χ2n) is 3.98. The smallest absolute Gasteiger partial charge is 0.330 e. The van der Waals surface area contributed by atoms with Crippen molar-refractivity contribution in [3.8, 4) is 0 Å². The molecule has 0 spiro atoms. The van der Waals surface area contributed by atoms with E-state index in [-0.39, 0.29) is 17.0 Å². The number of carbonyl (C=O) groups is 1. The lowest BCUT2D eigenvalue weighted by atomic mass is 10.1.